The Bertz CT molecular complexity index is 1960. The molecule has 0 amide bonds. The van der Waals surface area contributed by atoms with Crippen molar-refractivity contribution in [3.63, 3.8) is 0 Å². The van der Waals surface area contributed by atoms with E-state index in [1.54, 1.807) is 4.88 Å². The molecule has 6 aromatic rings. The van der Waals surface area contributed by atoms with Crippen LogP contribution in [0.3, 0.4) is 0 Å². The molecular weight excluding hydrogens is 644 g/mol. The summed E-state index contributed by atoms with van der Waals surface area (Å²) in [6.07, 6.45) is 4.82. The molecule has 0 N–H and O–H groups in total. The Kier molecular flexibility index (Phi) is 7.35. The van der Waals surface area contributed by atoms with E-state index in [1.807, 2.05) is 45.3 Å². The predicted molar refractivity (Wildman–Crippen MR) is 199 cm³/mol. The van der Waals surface area contributed by atoms with E-state index in [0.717, 1.165) is 26.1 Å². The van der Waals surface area contributed by atoms with Gasteiger partial charge in [-0.05, 0) is 156 Å². The van der Waals surface area contributed by atoms with Crippen molar-refractivity contribution < 1.29 is 9.44 Å². The lowest BCUT2D eigenvalue weighted by Gasteiger charge is -2.23. The first-order chi connectivity index (χ1) is 21.8. The molecule has 4 aromatic heterocycles. The minimum atomic E-state index is 0. The SMILES string of the molecule is C1CCOC1.CC1(C)c2cc3c(cc2-c2sccc21)C(C)(C)c1sccc1-3.F.c1cc2c(s1)Cc1cc3c(cc1-2)Cc1ccsc1-3. The second-order valence-corrected chi connectivity index (χ2v) is 17.6. The zero-order chi connectivity index (χ0) is 30.5. The Morgan fingerprint density at radius 3 is 1.98 bits per heavy atom. The molecular formula is C40H37FOS4. The maximum atomic E-state index is 4.94. The van der Waals surface area contributed by atoms with Crippen molar-refractivity contribution in [3.05, 3.63) is 113 Å². The number of benzene rings is 2. The first-order valence-corrected chi connectivity index (χ1v) is 19.6. The lowest BCUT2D eigenvalue weighted by molar-refractivity contribution is 0.198. The molecule has 6 heteroatoms. The number of hydrogen-bond acceptors (Lipinski definition) is 5. The highest BCUT2D eigenvalue weighted by Gasteiger charge is 2.42. The van der Waals surface area contributed by atoms with E-state index < -0.39 is 0 Å². The number of thiophene rings is 4. The third-order valence-electron chi connectivity index (χ3n) is 10.5. The van der Waals surface area contributed by atoms with Gasteiger partial charge in [0.2, 0.25) is 0 Å². The van der Waals surface area contributed by atoms with E-state index in [0.29, 0.717) is 0 Å². The fourth-order valence-corrected chi connectivity index (χ4v) is 12.1. The highest BCUT2D eigenvalue weighted by molar-refractivity contribution is 7.14. The van der Waals surface area contributed by atoms with Gasteiger partial charge in [0, 0.05) is 50.0 Å². The molecule has 1 saturated heterocycles. The lowest BCUT2D eigenvalue weighted by atomic mass is 9.80. The molecule has 1 fully saturated rings. The third kappa shape index (κ3) is 4.44. The van der Waals surface area contributed by atoms with E-state index in [2.05, 4.69) is 97.7 Å². The molecule has 46 heavy (non-hydrogen) atoms. The molecule has 5 aliphatic rings. The van der Waals surface area contributed by atoms with Crippen molar-refractivity contribution in [3.8, 4) is 43.1 Å². The van der Waals surface area contributed by atoms with E-state index in [-0.39, 0.29) is 15.5 Å². The lowest BCUT2D eigenvalue weighted by Crippen LogP contribution is -2.16. The van der Waals surface area contributed by atoms with Crippen LogP contribution in [0.2, 0.25) is 0 Å². The quantitative estimate of drug-likeness (QED) is 0.155. The van der Waals surface area contributed by atoms with Gasteiger partial charge in [-0.15, -0.1) is 45.3 Å². The standard InChI is InChI=1S/C20H18S2.C16H10S2.C4H8O.FH/c1-19(2)14-6-8-21-17(14)13-10-15-12(9-16(13)19)11-5-7-22-18(11)20(15,3)4;1-3-18-16-9(1)5-10-6-13-11(7-14(10)16)8-15-12(13)2-4-17-15;1-2-4-5-3-1;/h5-10H,1-4H3;1-4,6-7H,5,8H2;1-4H2;1H. The molecule has 0 radical (unpaired) electrons. The van der Waals surface area contributed by atoms with Crippen molar-refractivity contribution in [1.82, 2.24) is 0 Å². The van der Waals surface area contributed by atoms with Crippen LogP contribution in [0.5, 0.6) is 0 Å². The molecule has 0 spiro atoms. The first kappa shape index (κ1) is 30.5. The van der Waals surface area contributed by atoms with Crippen LogP contribution in [0.1, 0.15) is 83.7 Å². The monoisotopic (exact) mass is 680 g/mol. The molecule has 4 aliphatic carbocycles. The van der Waals surface area contributed by atoms with Crippen molar-refractivity contribution >= 4 is 45.3 Å². The molecule has 0 saturated carbocycles. The Balaban J connectivity index is 0.000000117. The van der Waals surface area contributed by atoms with Gasteiger partial charge in [-0.2, -0.15) is 0 Å². The van der Waals surface area contributed by atoms with Crippen LogP contribution in [0.15, 0.2) is 70.1 Å². The number of ether oxygens (including phenoxy) is 1. The zero-order valence-corrected chi connectivity index (χ0v) is 29.9. The maximum absolute atomic E-state index is 4.94. The summed E-state index contributed by atoms with van der Waals surface area (Å²) in [4.78, 5) is 6.05. The fourth-order valence-electron chi connectivity index (χ4n) is 8.09. The van der Waals surface area contributed by atoms with Crippen molar-refractivity contribution in [2.45, 2.75) is 64.2 Å². The van der Waals surface area contributed by atoms with Gasteiger partial charge in [0.1, 0.15) is 0 Å². The third-order valence-corrected chi connectivity index (χ3v) is 14.6. The molecule has 5 heterocycles. The average molecular weight is 681 g/mol. The van der Waals surface area contributed by atoms with Gasteiger partial charge in [-0.1, -0.05) is 27.7 Å². The molecule has 234 valence electrons. The van der Waals surface area contributed by atoms with Crippen molar-refractivity contribution in [2.24, 2.45) is 0 Å². The minimum absolute atomic E-state index is 0. The minimum Gasteiger partial charge on any atom is -0.381 e. The summed E-state index contributed by atoms with van der Waals surface area (Å²) in [6, 6.07) is 19.0. The number of fused-ring (bicyclic) bond motifs is 12. The van der Waals surface area contributed by atoms with E-state index in [4.69, 9.17) is 4.74 Å². The van der Waals surface area contributed by atoms with E-state index >= 15 is 0 Å². The Morgan fingerprint density at radius 2 is 1.17 bits per heavy atom. The second kappa shape index (κ2) is 11.1. The molecule has 1 aliphatic heterocycles. The first-order valence-electron chi connectivity index (χ1n) is 16.0. The highest BCUT2D eigenvalue weighted by Crippen LogP contribution is 2.58. The summed E-state index contributed by atoms with van der Waals surface area (Å²) in [7, 11) is 0. The van der Waals surface area contributed by atoms with Gasteiger partial charge in [0.25, 0.3) is 0 Å². The van der Waals surface area contributed by atoms with Gasteiger partial charge in [0.15, 0.2) is 0 Å². The second-order valence-electron chi connectivity index (χ2n) is 13.9. The molecule has 0 unspecified atom stereocenters. The Labute approximate surface area is 286 Å². The largest absolute Gasteiger partial charge is 0.381 e. The van der Waals surface area contributed by atoms with Crippen LogP contribution < -0.4 is 0 Å². The Morgan fingerprint density at radius 1 is 0.522 bits per heavy atom. The fraction of sp³-hybridized carbons (Fsp3) is 0.300. The summed E-state index contributed by atoms with van der Waals surface area (Å²) in [6.45, 7) is 11.5. The van der Waals surface area contributed by atoms with Gasteiger partial charge in [-0.25, -0.2) is 0 Å². The summed E-state index contributed by atoms with van der Waals surface area (Å²) < 4.78 is 4.94. The van der Waals surface area contributed by atoms with Crippen LogP contribution in [-0.2, 0) is 28.4 Å². The van der Waals surface area contributed by atoms with Gasteiger partial charge in [0.05, 0.1) is 0 Å². The van der Waals surface area contributed by atoms with Crippen LogP contribution in [0, 0.1) is 0 Å². The van der Waals surface area contributed by atoms with Crippen LogP contribution in [0.4, 0.5) is 4.70 Å². The highest BCUT2D eigenvalue weighted by atomic mass is 32.1. The average Bonchev–Trinajstić information content (AvgIpc) is 3.86. The summed E-state index contributed by atoms with van der Waals surface area (Å²) in [5.74, 6) is 0. The number of hydrogen-bond donors (Lipinski definition) is 0. The smallest absolute Gasteiger partial charge is 0.0466 e. The maximum Gasteiger partial charge on any atom is 0.0466 e. The summed E-state index contributed by atoms with van der Waals surface area (Å²) in [5.41, 5.74) is 18.2. The molecule has 0 atom stereocenters. The molecule has 0 bridgehead atoms. The molecule has 2 aromatic carbocycles. The van der Waals surface area contributed by atoms with Crippen LogP contribution in [-0.4, -0.2) is 13.2 Å². The van der Waals surface area contributed by atoms with Crippen molar-refractivity contribution in [2.75, 3.05) is 13.2 Å². The summed E-state index contributed by atoms with van der Waals surface area (Å²) in [5, 5.41) is 8.92. The normalized spacial score (nSPS) is 17.1. The van der Waals surface area contributed by atoms with Crippen LogP contribution in [0.25, 0.3) is 43.1 Å². The molecule has 1 nitrogen and oxygen atoms in total. The Hall–Kier alpha value is -2.87. The van der Waals surface area contributed by atoms with Gasteiger partial charge in [-0.3, -0.25) is 4.70 Å². The summed E-state index contributed by atoms with van der Waals surface area (Å²) >= 11 is 7.58. The van der Waals surface area contributed by atoms with E-state index in [1.165, 1.54) is 94.2 Å². The van der Waals surface area contributed by atoms with E-state index in [9.17, 15) is 0 Å². The predicted octanol–water partition coefficient (Wildman–Crippen LogP) is 12.3. The number of halogens is 1. The van der Waals surface area contributed by atoms with Gasteiger partial charge < -0.3 is 4.74 Å². The topological polar surface area (TPSA) is 9.23 Å². The number of rotatable bonds is 0. The van der Waals surface area contributed by atoms with Crippen molar-refractivity contribution in [1.29, 1.82) is 0 Å². The van der Waals surface area contributed by atoms with Gasteiger partial charge >= 0.3 is 0 Å². The molecule has 11 rings (SSSR count). The van der Waals surface area contributed by atoms with Crippen LogP contribution >= 0.6 is 45.3 Å². The zero-order valence-electron chi connectivity index (χ0n) is 26.6.